The number of nitrogens with zero attached hydrogens (tertiary/aromatic N) is 2. The van der Waals surface area contributed by atoms with E-state index in [1.807, 2.05) is 17.5 Å². The summed E-state index contributed by atoms with van der Waals surface area (Å²) in [6.07, 6.45) is 1.46. The van der Waals surface area contributed by atoms with Crippen LogP contribution in [0.25, 0.3) is 0 Å². The Morgan fingerprint density at radius 3 is 2.48 bits per heavy atom. The molecule has 8 heteroatoms. The van der Waals surface area contributed by atoms with Crippen molar-refractivity contribution < 1.29 is 17.6 Å². The minimum absolute atomic E-state index is 0.0747. The van der Waals surface area contributed by atoms with Crippen LogP contribution in [0.2, 0.25) is 0 Å². The summed E-state index contributed by atoms with van der Waals surface area (Å²) < 4.78 is 38.7. The van der Waals surface area contributed by atoms with E-state index in [0.717, 1.165) is 14.7 Å². The van der Waals surface area contributed by atoms with Gasteiger partial charge in [0.25, 0.3) is 0 Å². The van der Waals surface area contributed by atoms with Crippen molar-refractivity contribution >= 4 is 27.3 Å². The molecular formula is C19H23FN2O3S2. The second-order valence-electron chi connectivity index (χ2n) is 5.94. The lowest BCUT2D eigenvalue weighted by Crippen LogP contribution is -2.43. The van der Waals surface area contributed by atoms with Gasteiger partial charge in [-0.05, 0) is 36.1 Å². The summed E-state index contributed by atoms with van der Waals surface area (Å²) in [7, 11) is -3.52. The molecule has 27 heavy (non-hydrogen) atoms. The van der Waals surface area contributed by atoms with Gasteiger partial charge in [-0.3, -0.25) is 4.79 Å². The van der Waals surface area contributed by atoms with Gasteiger partial charge in [-0.15, -0.1) is 17.9 Å². The zero-order valence-corrected chi connectivity index (χ0v) is 16.8. The maximum absolute atomic E-state index is 13.2. The van der Waals surface area contributed by atoms with Crippen LogP contribution in [-0.4, -0.2) is 42.4 Å². The zero-order chi connectivity index (χ0) is 19.9. The molecule has 0 fully saturated rings. The summed E-state index contributed by atoms with van der Waals surface area (Å²) >= 11 is 1.52. The number of carbonyl (C=O) groups excluding carboxylic acids is 1. The van der Waals surface area contributed by atoms with Gasteiger partial charge in [-0.25, -0.2) is 12.8 Å². The molecule has 1 aromatic carbocycles. The predicted molar refractivity (Wildman–Crippen MR) is 106 cm³/mol. The fourth-order valence-electron chi connectivity index (χ4n) is 2.49. The molecule has 0 saturated carbocycles. The Balaban J connectivity index is 2.21. The maximum atomic E-state index is 13.2. The Hall–Kier alpha value is -2.03. The van der Waals surface area contributed by atoms with Crippen LogP contribution in [0.15, 0.2) is 54.4 Å². The first-order valence-electron chi connectivity index (χ1n) is 8.49. The van der Waals surface area contributed by atoms with E-state index in [2.05, 4.69) is 6.58 Å². The van der Waals surface area contributed by atoms with Gasteiger partial charge in [0.1, 0.15) is 5.82 Å². The second-order valence-corrected chi connectivity index (χ2v) is 9.23. The molecule has 146 valence electrons. The molecule has 5 nitrogen and oxygen atoms in total. The highest BCUT2D eigenvalue weighted by molar-refractivity contribution is 7.89. The molecule has 2 rings (SSSR count). The molecule has 0 spiro atoms. The van der Waals surface area contributed by atoms with Crippen LogP contribution in [0.5, 0.6) is 0 Å². The van der Waals surface area contributed by atoms with Gasteiger partial charge >= 0.3 is 0 Å². The minimum Gasteiger partial charge on any atom is -0.332 e. The Morgan fingerprint density at radius 1 is 1.22 bits per heavy atom. The van der Waals surface area contributed by atoms with Crippen LogP contribution in [0.3, 0.4) is 0 Å². The number of rotatable bonds is 10. The first-order chi connectivity index (χ1) is 12.9. The van der Waals surface area contributed by atoms with E-state index < -0.39 is 10.0 Å². The SMILES string of the molecule is C=CCN(CC(=O)N(Cc1ccc(F)cc1)Cc1cccs1)S(=O)(=O)CC. The van der Waals surface area contributed by atoms with Crippen molar-refractivity contribution in [3.05, 3.63) is 70.7 Å². The number of hydrogen-bond acceptors (Lipinski definition) is 4. The van der Waals surface area contributed by atoms with E-state index in [-0.39, 0.29) is 37.1 Å². The molecule has 1 amide bonds. The Bertz CT molecular complexity index is 850. The van der Waals surface area contributed by atoms with Gasteiger partial charge in [0.15, 0.2) is 0 Å². The van der Waals surface area contributed by atoms with E-state index in [1.165, 1.54) is 36.5 Å². The highest BCUT2D eigenvalue weighted by Gasteiger charge is 2.25. The number of sulfonamides is 1. The first-order valence-corrected chi connectivity index (χ1v) is 11.0. The zero-order valence-electron chi connectivity index (χ0n) is 15.2. The average molecular weight is 411 g/mol. The van der Waals surface area contributed by atoms with Crippen molar-refractivity contribution in [2.75, 3.05) is 18.8 Å². The van der Waals surface area contributed by atoms with Gasteiger partial charge in [-0.1, -0.05) is 24.3 Å². The molecule has 1 heterocycles. The molecule has 1 aromatic heterocycles. The Kier molecular flexibility index (Phi) is 7.70. The smallest absolute Gasteiger partial charge is 0.238 e. The first kappa shape index (κ1) is 21.3. The Labute approximate surface area is 163 Å². The Morgan fingerprint density at radius 2 is 1.93 bits per heavy atom. The molecule has 0 saturated heterocycles. The monoisotopic (exact) mass is 410 g/mol. The summed E-state index contributed by atoms with van der Waals surface area (Å²) in [5.41, 5.74) is 0.773. The number of amides is 1. The van der Waals surface area contributed by atoms with Crippen molar-refractivity contribution in [1.82, 2.24) is 9.21 Å². The van der Waals surface area contributed by atoms with Crippen LogP contribution in [0.1, 0.15) is 17.4 Å². The standard InChI is InChI=1S/C19H23FN2O3S2/c1-3-11-22(27(24,25)4-2)15-19(23)21(14-18-6-5-12-26-18)13-16-7-9-17(20)10-8-16/h3,5-10,12H,1,4,11,13-15H2,2H3. The van der Waals surface area contributed by atoms with Gasteiger partial charge in [0.2, 0.25) is 15.9 Å². The number of carbonyl (C=O) groups is 1. The number of benzene rings is 1. The lowest BCUT2D eigenvalue weighted by atomic mass is 10.2. The lowest BCUT2D eigenvalue weighted by Gasteiger charge is -2.26. The molecule has 0 atom stereocenters. The van der Waals surface area contributed by atoms with E-state index in [0.29, 0.717) is 6.54 Å². The van der Waals surface area contributed by atoms with E-state index in [4.69, 9.17) is 0 Å². The largest absolute Gasteiger partial charge is 0.332 e. The molecule has 0 aliphatic rings. The van der Waals surface area contributed by atoms with E-state index in [1.54, 1.807) is 17.0 Å². The molecule has 0 radical (unpaired) electrons. The van der Waals surface area contributed by atoms with Crippen molar-refractivity contribution in [2.24, 2.45) is 0 Å². The van der Waals surface area contributed by atoms with Crippen LogP contribution in [0, 0.1) is 5.82 Å². The molecule has 2 aromatic rings. The average Bonchev–Trinajstić information content (AvgIpc) is 3.15. The molecular weight excluding hydrogens is 387 g/mol. The summed E-state index contributed by atoms with van der Waals surface area (Å²) in [5.74, 6) is -0.746. The van der Waals surface area contributed by atoms with Gasteiger partial charge in [0, 0.05) is 18.0 Å². The number of thiophene rings is 1. The van der Waals surface area contributed by atoms with Crippen molar-refractivity contribution in [1.29, 1.82) is 0 Å². The normalized spacial score (nSPS) is 11.5. The molecule has 0 N–H and O–H groups in total. The number of hydrogen-bond donors (Lipinski definition) is 0. The third-order valence-corrected chi connectivity index (χ3v) is 6.62. The quantitative estimate of drug-likeness (QED) is 0.565. The highest BCUT2D eigenvalue weighted by Crippen LogP contribution is 2.16. The summed E-state index contributed by atoms with van der Waals surface area (Å²) in [6, 6.07) is 9.73. The van der Waals surface area contributed by atoms with Crippen LogP contribution in [0.4, 0.5) is 4.39 Å². The fourth-order valence-corrected chi connectivity index (χ4v) is 4.21. The second kappa shape index (κ2) is 9.77. The molecule has 0 aliphatic heterocycles. The third-order valence-electron chi connectivity index (χ3n) is 3.97. The van der Waals surface area contributed by atoms with Crippen LogP contribution >= 0.6 is 11.3 Å². The van der Waals surface area contributed by atoms with Crippen molar-refractivity contribution in [2.45, 2.75) is 20.0 Å². The number of halogens is 1. The van der Waals surface area contributed by atoms with Crippen LogP contribution < -0.4 is 0 Å². The van der Waals surface area contributed by atoms with E-state index in [9.17, 15) is 17.6 Å². The lowest BCUT2D eigenvalue weighted by molar-refractivity contribution is -0.132. The fraction of sp³-hybridized carbons (Fsp3) is 0.316. The summed E-state index contributed by atoms with van der Waals surface area (Å²) in [5, 5.41) is 1.92. The summed E-state index contributed by atoms with van der Waals surface area (Å²) in [4.78, 5) is 15.5. The topological polar surface area (TPSA) is 57.7 Å². The molecule has 0 unspecified atom stereocenters. The van der Waals surface area contributed by atoms with Gasteiger partial charge < -0.3 is 4.90 Å². The maximum Gasteiger partial charge on any atom is 0.238 e. The van der Waals surface area contributed by atoms with Crippen LogP contribution in [-0.2, 0) is 27.9 Å². The molecule has 0 bridgehead atoms. The van der Waals surface area contributed by atoms with Gasteiger partial charge in [0.05, 0.1) is 18.8 Å². The third kappa shape index (κ3) is 6.27. The van der Waals surface area contributed by atoms with Crippen molar-refractivity contribution in [3.8, 4) is 0 Å². The highest BCUT2D eigenvalue weighted by atomic mass is 32.2. The van der Waals surface area contributed by atoms with E-state index >= 15 is 0 Å². The predicted octanol–water partition coefficient (Wildman–Crippen LogP) is 3.25. The minimum atomic E-state index is -3.52. The van der Waals surface area contributed by atoms with Crippen molar-refractivity contribution in [3.63, 3.8) is 0 Å². The van der Waals surface area contributed by atoms with Gasteiger partial charge in [-0.2, -0.15) is 4.31 Å². The summed E-state index contributed by atoms with van der Waals surface area (Å²) in [6.45, 7) is 5.56. The molecule has 0 aliphatic carbocycles.